The maximum absolute atomic E-state index is 11.9. The second-order valence-corrected chi connectivity index (χ2v) is 18.9. The van der Waals surface area contributed by atoms with E-state index in [-0.39, 0.29) is 85.4 Å². The Morgan fingerprint density at radius 3 is 0.827 bits per heavy atom. The van der Waals surface area contributed by atoms with E-state index in [0.717, 1.165) is 24.3 Å². The summed E-state index contributed by atoms with van der Waals surface area (Å²) in [4.78, 5) is 19.8. The third-order valence-electron chi connectivity index (χ3n) is 9.28. The van der Waals surface area contributed by atoms with Gasteiger partial charge in [-0.3, -0.25) is 9.97 Å². The van der Waals surface area contributed by atoms with Crippen molar-refractivity contribution in [2.24, 2.45) is 0 Å². The predicted octanol–water partition coefficient (Wildman–Crippen LogP) is -4.44. The molecule has 6 aromatic heterocycles. The smallest absolute Gasteiger partial charge is 0.744 e. The van der Waals surface area contributed by atoms with Gasteiger partial charge in [0.05, 0.1) is 42.4 Å². The van der Waals surface area contributed by atoms with E-state index < -0.39 is 60.1 Å². The zero-order valence-electron chi connectivity index (χ0n) is 38.3. The van der Waals surface area contributed by atoms with Gasteiger partial charge in [-0.05, 0) is 95.1 Å². The van der Waals surface area contributed by atoms with E-state index in [1.807, 2.05) is 0 Å². The largest absolute Gasteiger partial charge is 2.00 e. The van der Waals surface area contributed by atoms with Gasteiger partial charge in [-0.15, -0.1) is 0 Å². The Kier molecular flexibility index (Phi) is 32.1. The van der Waals surface area contributed by atoms with E-state index in [0.29, 0.717) is 68.3 Å². The molecule has 0 aliphatic carbocycles. The minimum absolute atomic E-state index is 0. The van der Waals surface area contributed by atoms with E-state index in [9.17, 15) is 51.9 Å². The van der Waals surface area contributed by atoms with Gasteiger partial charge in [-0.1, -0.05) is 12.1 Å². The number of aromatic nitrogens is 6. The SMILES string of the molecule is O.O.O.O.O.O.O=S(=O)([O-])c1ccc(-c2cc(-c3ccncc3)nc(-c3cc[nH+]cc3)c2)c(S(=O)(=O)[O-])c1.O=S(=O)([O-])c1ccc(-c2cc(-c3ccncc3)nc(-c3cc[nH+]cc3)c2)c(S(=O)(=O)[O-])c1.[OH3+].[OH3+].[OH3+].[OH3+].[Zn+2]. The molecule has 0 saturated carbocycles. The Bertz CT molecular complexity index is 3160. The number of hydrogen-bond donors (Lipinski definition) is 0. The fraction of sp³-hybridized carbons (Fsp3) is 0. The second kappa shape index (κ2) is 31.2. The molecule has 0 aliphatic heterocycles. The summed E-state index contributed by atoms with van der Waals surface area (Å²) in [5, 5.41) is 0. The van der Waals surface area contributed by atoms with Crippen molar-refractivity contribution in [3.05, 3.63) is 159 Å². The van der Waals surface area contributed by atoms with E-state index in [2.05, 4.69) is 29.9 Å². The molecule has 26 N–H and O–H groups in total. The standard InChI is InChI=1S/2C21H15N3O6S2.10H2O.Zn/c2*25-31(26,27)17-1-2-18(21(13-17)32(28,29)30)16-11-19(14-3-7-22-8-4-14)24-20(12-16)15-5-9-23-10-6-15;;;;;;;;;;;/h2*1-13H,(H,25,26,27)(H,28,29,30);10*1H2;/q;;;;;;;;;;;;+2/p+2. The number of aromatic amines is 2. The minimum atomic E-state index is -5.11. The monoisotopic (exact) mass is 1180 g/mol. The van der Waals surface area contributed by atoms with Gasteiger partial charge < -0.3 is 73.0 Å². The van der Waals surface area contributed by atoms with Crippen LogP contribution in [-0.4, -0.2) is 105 Å². The summed E-state index contributed by atoms with van der Waals surface area (Å²) >= 11 is 0. The van der Waals surface area contributed by atoms with Crippen LogP contribution in [0.5, 0.6) is 0 Å². The number of H-pyrrole nitrogens is 2. The molecule has 0 amide bonds. The van der Waals surface area contributed by atoms with Crippen molar-refractivity contribution in [2.75, 3.05) is 0 Å². The summed E-state index contributed by atoms with van der Waals surface area (Å²) in [7, 11) is -20.1. The van der Waals surface area contributed by atoms with Gasteiger partial charge >= 0.3 is 19.5 Å². The molecule has 0 unspecified atom stereocenters. The van der Waals surface area contributed by atoms with Gasteiger partial charge in [0.2, 0.25) is 0 Å². The molecule has 75 heavy (non-hydrogen) atoms. The Balaban J connectivity index is -0.000000380. The molecule has 0 aliphatic rings. The first-order valence-corrected chi connectivity index (χ1v) is 23.8. The maximum Gasteiger partial charge on any atom is 2.00 e. The Morgan fingerprint density at radius 1 is 0.333 bits per heavy atom. The molecular formula is C42H52N6O22S4Zn+4. The van der Waals surface area contributed by atoms with Crippen molar-refractivity contribution in [3.8, 4) is 67.3 Å². The molecule has 0 fully saturated rings. The molecule has 28 nitrogen and oxygen atoms in total. The van der Waals surface area contributed by atoms with Crippen LogP contribution in [0.4, 0.5) is 0 Å². The molecule has 0 atom stereocenters. The second-order valence-electron chi connectivity index (χ2n) is 13.4. The van der Waals surface area contributed by atoms with Crippen LogP contribution in [0.3, 0.4) is 0 Å². The molecule has 0 spiro atoms. The zero-order valence-corrected chi connectivity index (χ0v) is 44.6. The average molecular weight is 1190 g/mol. The molecular weight excluding hydrogens is 1130 g/mol. The van der Waals surface area contributed by atoms with Crippen molar-refractivity contribution >= 4 is 40.5 Å². The van der Waals surface area contributed by atoms with Crippen molar-refractivity contribution in [1.29, 1.82) is 0 Å². The van der Waals surface area contributed by atoms with Crippen LogP contribution in [-0.2, 0) is 81.9 Å². The topological polar surface area (TPSA) is 630 Å². The number of nitrogens with zero attached hydrogens (tertiary/aromatic N) is 4. The summed E-state index contributed by atoms with van der Waals surface area (Å²) < 4.78 is 140. The fourth-order valence-electron chi connectivity index (χ4n) is 6.33. The quantitative estimate of drug-likeness (QED) is 0.0708. The maximum atomic E-state index is 11.9. The first kappa shape index (κ1) is 77.1. The van der Waals surface area contributed by atoms with Crippen molar-refractivity contribution < 1.29 is 136 Å². The van der Waals surface area contributed by atoms with Crippen LogP contribution in [0, 0.1) is 0 Å². The van der Waals surface area contributed by atoms with Gasteiger partial charge in [-0.2, -0.15) is 0 Å². The van der Waals surface area contributed by atoms with Gasteiger partial charge in [0.15, 0.2) is 24.8 Å². The van der Waals surface area contributed by atoms with Gasteiger partial charge in [0.25, 0.3) is 0 Å². The number of hydrogen-bond acceptors (Lipinski definition) is 16. The molecule has 8 aromatic rings. The Labute approximate surface area is 439 Å². The zero-order chi connectivity index (χ0) is 45.9. The van der Waals surface area contributed by atoms with Crippen molar-refractivity contribution in [2.45, 2.75) is 19.6 Å². The summed E-state index contributed by atoms with van der Waals surface area (Å²) in [5.74, 6) is 0. The number of rotatable bonds is 10. The van der Waals surface area contributed by atoms with Crippen LogP contribution >= 0.6 is 0 Å². The molecule has 404 valence electrons. The molecule has 0 bridgehead atoms. The molecule has 0 radical (unpaired) electrons. The number of pyridine rings is 6. The summed E-state index contributed by atoms with van der Waals surface area (Å²) in [6.07, 6.45) is 13.1. The summed E-state index contributed by atoms with van der Waals surface area (Å²) in [6, 6.07) is 25.6. The van der Waals surface area contributed by atoms with E-state index in [1.165, 1.54) is 0 Å². The minimum Gasteiger partial charge on any atom is -0.744 e. The van der Waals surface area contributed by atoms with Gasteiger partial charge in [-0.25, -0.2) is 53.6 Å². The van der Waals surface area contributed by atoms with Gasteiger partial charge in [0, 0.05) is 71.3 Å². The summed E-state index contributed by atoms with van der Waals surface area (Å²) in [6.45, 7) is 0. The molecule has 6 heterocycles. The van der Waals surface area contributed by atoms with Crippen LogP contribution in [0.1, 0.15) is 0 Å². The number of nitrogens with one attached hydrogen (secondary N) is 2. The summed E-state index contributed by atoms with van der Waals surface area (Å²) in [5.41, 5.74) is 5.24. The molecule has 33 heteroatoms. The normalized spacial score (nSPS) is 10.2. The van der Waals surface area contributed by atoms with Crippen molar-refractivity contribution in [3.63, 3.8) is 0 Å². The third kappa shape index (κ3) is 18.8. The first-order valence-electron chi connectivity index (χ1n) is 18.2. The van der Waals surface area contributed by atoms with Crippen LogP contribution in [0.15, 0.2) is 178 Å². The van der Waals surface area contributed by atoms with Gasteiger partial charge in [0.1, 0.15) is 40.5 Å². The predicted molar refractivity (Wildman–Crippen MR) is 263 cm³/mol. The van der Waals surface area contributed by atoms with Crippen LogP contribution < -0.4 is 9.97 Å². The van der Waals surface area contributed by atoms with E-state index in [4.69, 9.17) is 0 Å². The van der Waals surface area contributed by atoms with Crippen molar-refractivity contribution in [1.82, 2.24) is 19.9 Å². The average Bonchev–Trinajstić information content (AvgIpc) is 3.28. The Hall–Kier alpha value is -6.80. The molecule has 8 rings (SSSR count). The van der Waals surface area contributed by atoms with Crippen LogP contribution in [0.2, 0.25) is 0 Å². The Morgan fingerprint density at radius 2 is 0.587 bits per heavy atom. The number of benzene rings is 2. The molecule has 2 aromatic carbocycles. The first-order chi connectivity index (χ1) is 30.3. The molecule has 0 saturated heterocycles. The van der Waals surface area contributed by atoms with E-state index >= 15 is 0 Å². The van der Waals surface area contributed by atoms with E-state index in [1.54, 1.807) is 122 Å². The van der Waals surface area contributed by atoms with Crippen LogP contribution in [0.25, 0.3) is 67.3 Å². The fourth-order valence-corrected chi connectivity index (χ4v) is 8.93. The third-order valence-corrected chi connectivity index (χ3v) is 12.7.